The third-order valence-corrected chi connectivity index (χ3v) is 5.22. The van der Waals surface area contributed by atoms with Gasteiger partial charge in [-0.1, -0.05) is 30.3 Å². The van der Waals surface area contributed by atoms with Crippen LogP contribution in [0.25, 0.3) is 11.0 Å². The number of carbonyl (C=O) groups is 2. The fourth-order valence-electron chi connectivity index (χ4n) is 3.84. The van der Waals surface area contributed by atoms with Gasteiger partial charge in [-0.3, -0.25) is 14.5 Å². The molecule has 141 valence electrons. The van der Waals surface area contributed by atoms with Gasteiger partial charge in [0.05, 0.1) is 11.0 Å². The number of nitrogens with one attached hydrogen (secondary N) is 1. The number of nitrogens with two attached hydrogens (primary N) is 1. The number of nitrogens with zero attached hydrogens (tertiary/aromatic N) is 2. The Morgan fingerprint density at radius 2 is 1.93 bits per heavy atom. The molecule has 1 aromatic heterocycles. The Bertz CT molecular complexity index is 1300. The van der Waals surface area contributed by atoms with E-state index in [0.29, 0.717) is 27.9 Å². The van der Waals surface area contributed by atoms with Gasteiger partial charge in [-0.05, 0) is 36.4 Å². The van der Waals surface area contributed by atoms with Gasteiger partial charge in [-0.15, -0.1) is 0 Å². The first-order valence-electron chi connectivity index (χ1n) is 8.93. The number of primary amides is 1. The fraction of sp³-hybridized carbons (Fsp3) is 0.0455. The summed E-state index contributed by atoms with van der Waals surface area (Å²) >= 11 is 0. The maximum atomic E-state index is 13.3. The topological polar surface area (TPSA) is 112 Å². The lowest BCUT2D eigenvalue weighted by Crippen LogP contribution is -2.45. The molecule has 0 bridgehead atoms. The number of aliphatic hydroxyl groups is 1. The lowest BCUT2D eigenvalue weighted by atomic mass is 9.93. The number of benzene rings is 3. The molecule has 5 rings (SSSR count). The Kier molecular flexibility index (Phi) is 3.56. The summed E-state index contributed by atoms with van der Waals surface area (Å²) in [5.74, 6) is -0.994. The molecular weight excluding hydrogens is 368 g/mol. The summed E-state index contributed by atoms with van der Waals surface area (Å²) in [7, 11) is 0. The number of fused-ring (bicyclic) bond motifs is 2. The summed E-state index contributed by atoms with van der Waals surface area (Å²) in [6.45, 7) is 0. The first kappa shape index (κ1) is 17.2. The Balaban J connectivity index is 1.78. The molecule has 0 aliphatic carbocycles. The molecule has 0 fully saturated rings. The summed E-state index contributed by atoms with van der Waals surface area (Å²) in [5.41, 5.74) is 6.90. The van der Waals surface area contributed by atoms with Crippen LogP contribution in [0.2, 0.25) is 0 Å². The number of amides is 2. The Morgan fingerprint density at radius 3 is 2.76 bits per heavy atom. The molecule has 4 aromatic rings. The molecule has 1 radical (unpaired) electrons. The van der Waals surface area contributed by atoms with Crippen molar-refractivity contribution in [3.05, 3.63) is 95.3 Å². The highest BCUT2D eigenvalue weighted by Crippen LogP contribution is 2.45. The van der Waals surface area contributed by atoms with E-state index in [1.807, 2.05) is 0 Å². The van der Waals surface area contributed by atoms with E-state index in [2.05, 4.69) is 16.3 Å². The number of aromatic nitrogens is 2. The van der Waals surface area contributed by atoms with Gasteiger partial charge in [-0.2, -0.15) is 0 Å². The van der Waals surface area contributed by atoms with Crippen molar-refractivity contribution in [2.24, 2.45) is 5.73 Å². The highest BCUT2D eigenvalue weighted by molar-refractivity contribution is 6.13. The number of carbonyl (C=O) groups excluding carboxylic acids is 2. The number of imidazole rings is 1. The Hall–Kier alpha value is -3.97. The third kappa shape index (κ3) is 2.38. The van der Waals surface area contributed by atoms with Crippen molar-refractivity contribution in [3.63, 3.8) is 0 Å². The van der Waals surface area contributed by atoms with E-state index in [0.717, 1.165) is 5.52 Å². The summed E-state index contributed by atoms with van der Waals surface area (Å²) in [4.78, 5) is 33.3. The van der Waals surface area contributed by atoms with Crippen molar-refractivity contribution in [1.82, 2.24) is 9.97 Å². The van der Waals surface area contributed by atoms with Crippen molar-refractivity contribution in [3.8, 4) is 0 Å². The fourth-order valence-corrected chi connectivity index (χ4v) is 3.84. The van der Waals surface area contributed by atoms with Crippen LogP contribution in [-0.2, 0) is 5.72 Å². The van der Waals surface area contributed by atoms with E-state index >= 15 is 0 Å². The molecule has 7 heteroatoms. The van der Waals surface area contributed by atoms with E-state index in [-0.39, 0.29) is 11.5 Å². The average Bonchev–Trinajstić information content (AvgIpc) is 3.29. The first-order chi connectivity index (χ1) is 14.0. The molecular formula is C22H15N4O3. The van der Waals surface area contributed by atoms with Gasteiger partial charge < -0.3 is 15.8 Å². The van der Waals surface area contributed by atoms with Crippen LogP contribution < -0.4 is 10.6 Å². The van der Waals surface area contributed by atoms with Crippen molar-refractivity contribution >= 4 is 28.5 Å². The molecule has 1 atom stereocenters. The molecule has 29 heavy (non-hydrogen) atoms. The van der Waals surface area contributed by atoms with Gasteiger partial charge in [0.25, 0.3) is 5.91 Å². The summed E-state index contributed by atoms with van der Waals surface area (Å²) in [6, 6.07) is 18.4. The number of anilines is 1. The van der Waals surface area contributed by atoms with Gasteiger partial charge in [0.15, 0.2) is 12.1 Å². The molecule has 2 amide bonds. The highest BCUT2D eigenvalue weighted by Gasteiger charge is 2.50. The normalized spacial score (nSPS) is 18.2. The van der Waals surface area contributed by atoms with Crippen molar-refractivity contribution < 1.29 is 14.7 Å². The molecule has 0 spiro atoms. The molecule has 4 N–H and O–H groups in total. The van der Waals surface area contributed by atoms with E-state index in [1.54, 1.807) is 60.7 Å². The molecule has 1 aliphatic heterocycles. The highest BCUT2D eigenvalue weighted by atomic mass is 16.3. The minimum absolute atomic E-state index is 0.242. The van der Waals surface area contributed by atoms with Crippen molar-refractivity contribution in [2.75, 3.05) is 4.90 Å². The van der Waals surface area contributed by atoms with Gasteiger partial charge in [-0.25, -0.2) is 4.98 Å². The molecule has 0 saturated heterocycles. The number of hydrogen-bond acceptors (Lipinski definition) is 4. The zero-order chi connectivity index (χ0) is 20.2. The molecule has 0 saturated carbocycles. The third-order valence-electron chi connectivity index (χ3n) is 5.22. The lowest BCUT2D eigenvalue weighted by molar-refractivity contribution is 0.0703. The van der Waals surface area contributed by atoms with Crippen LogP contribution in [0.4, 0.5) is 5.69 Å². The summed E-state index contributed by atoms with van der Waals surface area (Å²) < 4.78 is 0. The lowest BCUT2D eigenvalue weighted by Gasteiger charge is -2.35. The standard InChI is InChI=1S/C22H15N4O3/c23-20(27)13-4-3-5-15(10-13)26-21(28)16-6-1-2-7-17(16)22(26,29)14-8-9-18-19(11-14)25-12-24-18/h1-11,29H,(H2,23,27)(H,24,25). The number of aromatic amines is 1. The predicted molar refractivity (Wildman–Crippen MR) is 106 cm³/mol. The Labute approximate surface area is 165 Å². The van der Waals surface area contributed by atoms with Crippen molar-refractivity contribution in [2.45, 2.75) is 5.72 Å². The smallest absolute Gasteiger partial charge is 0.261 e. The average molecular weight is 383 g/mol. The van der Waals surface area contributed by atoms with Crippen molar-refractivity contribution in [1.29, 1.82) is 0 Å². The van der Waals surface area contributed by atoms with E-state index in [9.17, 15) is 14.7 Å². The second-order valence-corrected chi connectivity index (χ2v) is 6.85. The summed E-state index contributed by atoms with van der Waals surface area (Å²) in [6.07, 6.45) is 2.67. The van der Waals surface area contributed by atoms with E-state index in [4.69, 9.17) is 5.73 Å². The molecule has 1 aliphatic rings. The van der Waals surface area contributed by atoms with Crippen LogP contribution in [0.15, 0.2) is 66.7 Å². The van der Waals surface area contributed by atoms with Crippen LogP contribution >= 0.6 is 0 Å². The number of H-pyrrole nitrogens is 1. The van der Waals surface area contributed by atoms with E-state index in [1.165, 1.54) is 11.0 Å². The van der Waals surface area contributed by atoms with Crippen LogP contribution in [0.1, 0.15) is 31.8 Å². The monoisotopic (exact) mass is 383 g/mol. The largest absolute Gasteiger partial charge is 0.366 e. The molecule has 3 aromatic carbocycles. The SMILES string of the molecule is NC(=O)c1cccc(N2C(=O)c3ccccc3C2(O)c2ccc3[nH][c]nc3c2)c1. The van der Waals surface area contributed by atoms with Gasteiger partial charge in [0.1, 0.15) is 0 Å². The van der Waals surface area contributed by atoms with Crippen LogP contribution in [0.5, 0.6) is 0 Å². The van der Waals surface area contributed by atoms with Crippen LogP contribution in [0.3, 0.4) is 0 Å². The zero-order valence-electron chi connectivity index (χ0n) is 15.1. The number of rotatable bonds is 3. The summed E-state index contributed by atoms with van der Waals surface area (Å²) in [5, 5.41) is 12.0. The van der Waals surface area contributed by atoms with Crippen LogP contribution in [0, 0.1) is 6.33 Å². The van der Waals surface area contributed by atoms with E-state index < -0.39 is 11.6 Å². The zero-order valence-corrected chi connectivity index (χ0v) is 15.1. The molecule has 2 heterocycles. The van der Waals surface area contributed by atoms with Crippen LogP contribution in [-0.4, -0.2) is 26.9 Å². The Morgan fingerprint density at radius 1 is 1.10 bits per heavy atom. The van der Waals surface area contributed by atoms with Gasteiger partial charge in [0.2, 0.25) is 5.91 Å². The maximum Gasteiger partial charge on any atom is 0.261 e. The second kappa shape index (κ2) is 6.02. The minimum atomic E-state index is -1.78. The first-order valence-corrected chi connectivity index (χ1v) is 8.93. The molecule has 7 nitrogen and oxygen atoms in total. The second-order valence-electron chi connectivity index (χ2n) is 6.85. The predicted octanol–water partition coefficient (Wildman–Crippen LogP) is 2.32. The number of hydrogen-bond donors (Lipinski definition) is 3. The molecule has 1 unspecified atom stereocenters. The maximum absolute atomic E-state index is 13.3. The minimum Gasteiger partial charge on any atom is -0.366 e. The van der Waals surface area contributed by atoms with Gasteiger partial charge in [0, 0.05) is 27.9 Å². The van der Waals surface area contributed by atoms with Gasteiger partial charge >= 0.3 is 0 Å². The quantitative estimate of drug-likeness (QED) is 0.504.